The van der Waals surface area contributed by atoms with Gasteiger partial charge in [-0.05, 0) is 45.4 Å². The summed E-state index contributed by atoms with van der Waals surface area (Å²) in [7, 11) is 0. The molecule has 0 aliphatic carbocycles. The highest BCUT2D eigenvalue weighted by Crippen LogP contribution is 2.64. The molecule has 2 aliphatic heterocycles. The van der Waals surface area contributed by atoms with E-state index in [9.17, 15) is 0 Å². The summed E-state index contributed by atoms with van der Waals surface area (Å²) in [6.45, 7) is 15.4. The largest absolute Gasteiger partial charge is 0.491 e. The molecule has 3 unspecified atom stereocenters. The number of piperidine rings is 1. The second-order valence-corrected chi connectivity index (χ2v) is 7.50. The minimum absolute atomic E-state index is 0.239. The molecular weight excluding hydrogens is 258 g/mol. The monoisotopic (exact) mass is 288 g/mol. The molecular formula is C19H30NO+. The van der Waals surface area contributed by atoms with Crippen molar-refractivity contribution in [3.05, 3.63) is 29.8 Å². The van der Waals surface area contributed by atoms with Crippen molar-refractivity contribution in [1.29, 1.82) is 0 Å². The molecule has 2 aliphatic rings. The van der Waals surface area contributed by atoms with Gasteiger partial charge in [-0.25, -0.2) is 0 Å². The first-order valence-corrected chi connectivity index (χ1v) is 8.56. The molecule has 21 heavy (non-hydrogen) atoms. The molecule has 3 rings (SSSR count). The van der Waals surface area contributed by atoms with Crippen LogP contribution in [-0.2, 0) is 5.41 Å². The van der Waals surface area contributed by atoms with E-state index >= 15 is 0 Å². The molecule has 2 saturated heterocycles. The molecule has 2 fully saturated rings. The predicted octanol–water partition coefficient (Wildman–Crippen LogP) is 4.13. The Labute approximate surface area is 129 Å². The molecule has 3 atom stereocenters. The SMILES string of the molecule is CCC12C[N+]1(CC)CCC2(C)c1cccc(OC(C)C)c1. The molecule has 0 saturated carbocycles. The Bertz CT molecular complexity index is 540. The Balaban J connectivity index is 1.97. The van der Waals surface area contributed by atoms with Gasteiger partial charge in [-0.15, -0.1) is 0 Å². The Kier molecular flexibility index (Phi) is 3.36. The van der Waals surface area contributed by atoms with Crippen molar-refractivity contribution in [2.75, 3.05) is 19.6 Å². The van der Waals surface area contributed by atoms with Gasteiger partial charge in [0.1, 0.15) is 12.3 Å². The molecule has 2 heterocycles. The number of ether oxygens (including phenoxy) is 1. The summed E-state index contributed by atoms with van der Waals surface area (Å²) in [6, 6.07) is 8.88. The zero-order valence-electron chi connectivity index (χ0n) is 14.3. The lowest BCUT2D eigenvalue weighted by molar-refractivity contribution is -0.818. The highest BCUT2D eigenvalue weighted by molar-refractivity contribution is 5.39. The predicted molar refractivity (Wildman–Crippen MR) is 87.7 cm³/mol. The summed E-state index contributed by atoms with van der Waals surface area (Å²) in [5.74, 6) is 1.03. The highest BCUT2D eigenvalue weighted by Gasteiger charge is 2.79. The van der Waals surface area contributed by atoms with Crippen molar-refractivity contribution in [3.8, 4) is 5.75 Å². The van der Waals surface area contributed by atoms with Gasteiger partial charge in [-0.2, -0.15) is 0 Å². The number of rotatable bonds is 5. The zero-order chi connectivity index (χ0) is 15.3. The first-order chi connectivity index (χ1) is 9.93. The van der Waals surface area contributed by atoms with Crippen LogP contribution in [0.2, 0.25) is 0 Å². The third kappa shape index (κ3) is 1.88. The molecule has 0 amide bonds. The van der Waals surface area contributed by atoms with E-state index in [-0.39, 0.29) is 6.10 Å². The third-order valence-electron chi connectivity index (χ3n) is 6.47. The smallest absolute Gasteiger partial charge is 0.158 e. The third-order valence-corrected chi connectivity index (χ3v) is 6.47. The van der Waals surface area contributed by atoms with E-state index in [1.807, 2.05) is 0 Å². The summed E-state index contributed by atoms with van der Waals surface area (Å²) >= 11 is 0. The summed E-state index contributed by atoms with van der Waals surface area (Å²) < 4.78 is 7.26. The van der Waals surface area contributed by atoms with Crippen LogP contribution >= 0.6 is 0 Å². The molecule has 116 valence electrons. The number of hydrogen-bond donors (Lipinski definition) is 0. The number of fused-ring (bicyclic) bond motifs is 1. The zero-order valence-corrected chi connectivity index (χ0v) is 14.3. The minimum atomic E-state index is 0.239. The standard InChI is InChI=1S/C19H30NO/c1-6-19-14-20(19,7-2)12-11-18(19,5)16-9-8-10-17(13-16)21-15(3)4/h8-10,13,15H,6-7,11-12,14H2,1-5H3/q+1. The average Bonchev–Trinajstić information content (AvgIpc) is 3.08. The van der Waals surface area contributed by atoms with Crippen LogP contribution in [0.25, 0.3) is 0 Å². The molecule has 0 aromatic heterocycles. The topological polar surface area (TPSA) is 9.23 Å². The molecule has 2 heteroatoms. The van der Waals surface area contributed by atoms with Gasteiger partial charge in [-0.3, -0.25) is 0 Å². The van der Waals surface area contributed by atoms with Gasteiger partial charge in [0.05, 0.1) is 24.6 Å². The molecule has 1 aromatic rings. The summed E-state index contributed by atoms with van der Waals surface area (Å²) in [6.07, 6.45) is 2.83. The van der Waals surface area contributed by atoms with Crippen LogP contribution in [0.15, 0.2) is 24.3 Å². The number of quaternary nitrogens is 1. The van der Waals surface area contributed by atoms with Crippen molar-refractivity contribution in [1.82, 2.24) is 0 Å². The van der Waals surface area contributed by atoms with Crippen LogP contribution in [0, 0.1) is 0 Å². The summed E-state index contributed by atoms with van der Waals surface area (Å²) in [4.78, 5) is 0. The van der Waals surface area contributed by atoms with Crippen LogP contribution in [0.1, 0.15) is 53.0 Å². The average molecular weight is 288 g/mol. The van der Waals surface area contributed by atoms with Crippen LogP contribution in [0.4, 0.5) is 0 Å². The van der Waals surface area contributed by atoms with Crippen LogP contribution in [-0.4, -0.2) is 35.8 Å². The first-order valence-electron chi connectivity index (χ1n) is 8.56. The maximum atomic E-state index is 5.92. The fourth-order valence-corrected chi connectivity index (χ4v) is 5.13. The molecule has 0 N–H and O–H groups in total. The molecule has 1 aromatic carbocycles. The van der Waals surface area contributed by atoms with Gasteiger partial charge in [0.2, 0.25) is 0 Å². The van der Waals surface area contributed by atoms with Crippen molar-refractivity contribution >= 4 is 0 Å². The number of benzene rings is 1. The van der Waals surface area contributed by atoms with E-state index < -0.39 is 0 Å². The van der Waals surface area contributed by atoms with Crippen LogP contribution < -0.4 is 4.74 Å². The van der Waals surface area contributed by atoms with Gasteiger partial charge >= 0.3 is 0 Å². The van der Waals surface area contributed by atoms with Crippen LogP contribution in [0.3, 0.4) is 0 Å². The minimum Gasteiger partial charge on any atom is -0.491 e. The Morgan fingerprint density at radius 3 is 2.62 bits per heavy atom. The highest BCUT2D eigenvalue weighted by atomic mass is 16.5. The normalized spacial score (nSPS) is 37.6. The molecule has 0 radical (unpaired) electrons. The lowest BCUT2D eigenvalue weighted by atomic mass is 9.69. The van der Waals surface area contributed by atoms with E-state index in [0.29, 0.717) is 11.0 Å². The second kappa shape index (κ2) is 4.74. The van der Waals surface area contributed by atoms with E-state index in [0.717, 1.165) is 5.75 Å². The Hall–Kier alpha value is -1.02. The fourth-order valence-electron chi connectivity index (χ4n) is 5.13. The molecule has 0 bridgehead atoms. The van der Waals surface area contributed by atoms with Gasteiger partial charge in [-0.1, -0.05) is 19.1 Å². The van der Waals surface area contributed by atoms with Gasteiger partial charge in [0.15, 0.2) is 5.54 Å². The van der Waals surface area contributed by atoms with Crippen molar-refractivity contribution in [2.24, 2.45) is 0 Å². The molecule has 2 nitrogen and oxygen atoms in total. The molecule has 0 spiro atoms. The second-order valence-electron chi connectivity index (χ2n) is 7.50. The van der Waals surface area contributed by atoms with Crippen molar-refractivity contribution in [3.63, 3.8) is 0 Å². The van der Waals surface area contributed by atoms with Crippen molar-refractivity contribution < 1.29 is 9.22 Å². The summed E-state index contributed by atoms with van der Waals surface area (Å²) in [5.41, 5.74) is 2.25. The number of hydrogen-bond acceptors (Lipinski definition) is 1. The first kappa shape index (κ1) is 14.9. The van der Waals surface area contributed by atoms with Gasteiger partial charge in [0, 0.05) is 12.8 Å². The Morgan fingerprint density at radius 1 is 1.29 bits per heavy atom. The maximum Gasteiger partial charge on any atom is 0.158 e. The van der Waals surface area contributed by atoms with E-state index in [1.165, 1.54) is 42.5 Å². The lowest BCUT2D eigenvalue weighted by Crippen LogP contribution is -2.41. The van der Waals surface area contributed by atoms with E-state index in [1.54, 1.807) is 0 Å². The lowest BCUT2D eigenvalue weighted by Gasteiger charge is -2.31. The fraction of sp³-hybridized carbons (Fsp3) is 0.684. The maximum absolute atomic E-state index is 5.92. The van der Waals surface area contributed by atoms with Crippen molar-refractivity contribution in [2.45, 2.75) is 64.5 Å². The number of nitrogens with zero attached hydrogens (tertiary/aromatic N) is 1. The van der Waals surface area contributed by atoms with Gasteiger partial charge < -0.3 is 9.22 Å². The summed E-state index contributed by atoms with van der Waals surface area (Å²) in [5, 5.41) is 0. The quantitative estimate of drug-likeness (QED) is 0.584. The van der Waals surface area contributed by atoms with Crippen LogP contribution in [0.5, 0.6) is 5.75 Å². The van der Waals surface area contributed by atoms with E-state index in [2.05, 4.69) is 58.9 Å². The number of likely N-dealkylation sites (N-methyl/N-ethyl adjacent to an activating group) is 1. The van der Waals surface area contributed by atoms with E-state index in [4.69, 9.17) is 4.74 Å². The van der Waals surface area contributed by atoms with Gasteiger partial charge in [0.25, 0.3) is 0 Å². The Morgan fingerprint density at radius 2 is 2.05 bits per heavy atom.